The van der Waals surface area contributed by atoms with E-state index >= 15 is 0 Å². The lowest BCUT2D eigenvalue weighted by Crippen LogP contribution is -2.40. The molecule has 3 aromatic rings. The van der Waals surface area contributed by atoms with Crippen LogP contribution in [0.2, 0.25) is 0 Å². The molecule has 8 heteroatoms. The van der Waals surface area contributed by atoms with Gasteiger partial charge in [0, 0.05) is 24.7 Å². The first-order valence-electron chi connectivity index (χ1n) is 8.15. The maximum atomic E-state index is 12.7. The van der Waals surface area contributed by atoms with Crippen molar-refractivity contribution in [2.75, 3.05) is 21.3 Å². The van der Waals surface area contributed by atoms with Gasteiger partial charge in [0.1, 0.15) is 18.0 Å². The predicted octanol–water partition coefficient (Wildman–Crippen LogP) is 1.31. The summed E-state index contributed by atoms with van der Waals surface area (Å²) in [5.41, 5.74) is 1.31. The number of aromatic nitrogens is 2. The summed E-state index contributed by atoms with van der Waals surface area (Å²) >= 11 is 0. The van der Waals surface area contributed by atoms with Gasteiger partial charge in [-0.1, -0.05) is 6.07 Å². The Kier molecular flexibility index (Phi) is 5.25. The van der Waals surface area contributed by atoms with Crippen LogP contribution < -0.4 is 19.3 Å². The van der Waals surface area contributed by atoms with Crippen LogP contribution in [0.3, 0.4) is 0 Å². The zero-order valence-electron chi connectivity index (χ0n) is 15.2. The minimum Gasteiger partial charge on any atom is -0.539 e. The molecule has 0 aliphatic rings. The molecule has 8 nitrogen and oxygen atoms in total. The second-order valence-corrected chi connectivity index (χ2v) is 5.81. The first-order valence-corrected chi connectivity index (χ1v) is 8.15. The first kappa shape index (κ1) is 18.2. The smallest absolute Gasteiger partial charge is 0.259 e. The molecule has 0 fully saturated rings. The molecule has 1 aromatic heterocycles. The Labute approximate surface area is 156 Å². The molecule has 0 unspecified atom stereocenters. The van der Waals surface area contributed by atoms with Crippen molar-refractivity contribution in [2.24, 2.45) is 0 Å². The summed E-state index contributed by atoms with van der Waals surface area (Å²) < 4.78 is 16.4. The lowest BCUT2D eigenvalue weighted by molar-refractivity contribution is -0.678. The summed E-state index contributed by atoms with van der Waals surface area (Å²) in [7, 11) is 4.71. The Morgan fingerprint density at radius 2 is 1.85 bits per heavy atom. The molecule has 0 atom stereocenters. The van der Waals surface area contributed by atoms with E-state index in [0.717, 1.165) is 0 Å². The molecule has 1 amide bonds. The van der Waals surface area contributed by atoms with Crippen LogP contribution in [0.15, 0.2) is 53.1 Å². The number of methoxy groups -OCH3 is 2. The Morgan fingerprint density at radius 1 is 1.15 bits per heavy atom. The predicted molar refractivity (Wildman–Crippen MR) is 92.8 cm³/mol. The van der Waals surface area contributed by atoms with Gasteiger partial charge in [-0.05, 0) is 35.0 Å². The molecular weight excluding hydrogens is 350 g/mol. The molecule has 0 aliphatic carbocycles. The van der Waals surface area contributed by atoms with Crippen molar-refractivity contribution < 1.29 is 28.6 Å². The van der Waals surface area contributed by atoms with Crippen LogP contribution in [-0.4, -0.2) is 37.3 Å². The van der Waals surface area contributed by atoms with E-state index in [1.807, 2.05) is 0 Å². The van der Waals surface area contributed by atoms with Crippen LogP contribution >= 0.6 is 0 Å². The molecule has 0 aliphatic heterocycles. The van der Waals surface area contributed by atoms with Gasteiger partial charge in [0.25, 0.3) is 11.6 Å². The van der Waals surface area contributed by atoms with E-state index in [1.54, 1.807) is 62.7 Å². The van der Waals surface area contributed by atoms with E-state index in [1.165, 1.54) is 16.7 Å². The van der Waals surface area contributed by atoms with Crippen molar-refractivity contribution in [3.8, 4) is 23.1 Å². The zero-order valence-corrected chi connectivity index (χ0v) is 15.2. The fourth-order valence-electron chi connectivity index (χ4n) is 2.60. The van der Waals surface area contributed by atoms with E-state index in [-0.39, 0.29) is 18.1 Å². The Bertz CT molecular complexity index is 937. The average molecular weight is 369 g/mol. The molecule has 0 bridgehead atoms. The van der Waals surface area contributed by atoms with Crippen LogP contribution in [0.4, 0.5) is 0 Å². The van der Waals surface area contributed by atoms with Crippen LogP contribution in [-0.2, 0) is 6.54 Å². The summed E-state index contributed by atoms with van der Waals surface area (Å²) in [6.07, 6.45) is 0. The SMILES string of the molecule is COc1ccc(-[n+]2noc([O-])c2CN(C)C(=O)c2cccc(OC)c2)cc1. The molecule has 0 spiro atoms. The molecule has 0 saturated carbocycles. The molecule has 140 valence electrons. The highest BCUT2D eigenvalue weighted by molar-refractivity contribution is 5.94. The standard InChI is InChI=1S/C19H19N3O5/c1-21(18(23)13-5-4-6-16(11-13)26-3)12-17-19(24)27-20-22(17)14-7-9-15(25-2)10-8-14/h4-11H,12H2,1-3H3. The molecule has 0 saturated heterocycles. The highest BCUT2D eigenvalue weighted by Gasteiger charge is 2.24. The van der Waals surface area contributed by atoms with Gasteiger partial charge in [0.15, 0.2) is 5.95 Å². The molecule has 0 N–H and O–H groups in total. The average Bonchev–Trinajstić information content (AvgIpc) is 3.07. The molecule has 3 rings (SSSR count). The minimum atomic E-state index is -0.601. The summed E-state index contributed by atoms with van der Waals surface area (Å²) in [6.45, 7) is 0.0321. The summed E-state index contributed by atoms with van der Waals surface area (Å²) in [5, 5.41) is 15.9. The summed E-state index contributed by atoms with van der Waals surface area (Å²) in [6, 6.07) is 13.8. The van der Waals surface area contributed by atoms with E-state index in [9.17, 15) is 9.90 Å². The van der Waals surface area contributed by atoms with Gasteiger partial charge >= 0.3 is 0 Å². The molecule has 1 heterocycles. The molecular formula is C19H19N3O5. The fraction of sp³-hybridized carbons (Fsp3) is 0.211. The van der Waals surface area contributed by atoms with Gasteiger partial charge in [-0.2, -0.15) is 0 Å². The third-order valence-corrected chi connectivity index (χ3v) is 4.06. The third kappa shape index (κ3) is 3.84. The van der Waals surface area contributed by atoms with Gasteiger partial charge in [0.2, 0.25) is 5.69 Å². The number of carbonyl (C=O) groups excluding carboxylic acids is 1. The van der Waals surface area contributed by atoms with Crippen molar-refractivity contribution in [3.63, 3.8) is 0 Å². The van der Waals surface area contributed by atoms with Crippen molar-refractivity contribution in [1.82, 2.24) is 10.2 Å². The lowest BCUT2D eigenvalue weighted by Gasteiger charge is -2.15. The monoisotopic (exact) mass is 369 g/mol. The highest BCUT2D eigenvalue weighted by atomic mass is 16.6. The number of amides is 1. The van der Waals surface area contributed by atoms with Gasteiger partial charge in [-0.25, -0.2) is 0 Å². The zero-order chi connectivity index (χ0) is 19.4. The number of ether oxygens (including phenoxy) is 2. The maximum Gasteiger partial charge on any atom is 0.259 e. The second-order valence-electron chi connectivity index (χ2n) is 5.81. The van der Waals surface area contributed by atoms with Crippen molar-refractivity contribution in [3.05, 3.63) is 59.8 Å². The second kappa shape index (κ2) is 7.77. The van der Waals surface area contributed by atoms with E-state index in [4.69, 9.17) is 14.0 Å². The number of benzene rings is 2. The number of hydrogen-bond acceptors (Lipinski definition) is 6. The van der Waals surface area contributed by atoms with Gasteiger partial charge in [-0.15, -0.1) is 0 Å². The van der Waals surface area contributed by atoms with E-state index in [2.05, 4.69) is 5.27 Å². The van der Waals surface area contributed by atoms with Gasteiger partial charge < -0.3 is 24.0 Å². The Morgan fingerprint density at radius 3 is 2.52 bits per heavy atom. The fourth-order valence-corrected chi connectivity index (χ4v) is 2.60. The van der Waals surface area contributed by atoms with Crippen LogP contribution in [0, 0.1) is 0 Å². The van der Waals surface area contributed by atoms with Crippen molar-refractivity contribution >= 4 is 5.91 Å². The van der Waals surface area contributed by atoms with Crippen LogP contribution in [0.25, 0.3) is 5.69 Å². The lowest BCUT2D eigenvalue weighted by atomic mass is 10.2. The Hall–Kier alpha value is -3.55. The number of hydrogen-bond donors (Lipinski definition) is 0. The Balaban J connectivity index is 1.84. The summed E-state index contributed by atoms with van der Waals surface area (Å²) in [5.74, 6) is 0.404. The number of nitrogens with zero attached hydrogens (tertiary/aromatic N) is 3. The topological polar surface area (TPSA) is 91.7 Å². The van der Waals surface area contributed by atoms with Gasteiger partial charge in [0.05, 0.1) is 19.5 Å². The van der Waals surface area contributed by atoms with Crippen molar-refractivity contribution in [1.29, 1.82) is 0 Å². The van der Waals surface area contributed by atoms with Gasteiger partial charge in [-0.3, -0.25) is 4.79 Å². The highest BCUT2D eigenvalue weighted by Crippen LogP contribution is 2.18. The molecule has 27 heavy (non-hydrogen) atoms. The van der Waals surface area contributed by atoms with Crippen LogP contribution in [0.1, 0.15) is 16.1 Å². The van der Waals surface area contributed by atoms with Crippen molar-refractivity contribution in [2.45, 2.75) is 6.54 Å². The van der Waals surface area contributed by atoms with E-state index < -0.39 is 5.95 Å². The molecule has 0 radical (unpaired) electrons. The minimum absolute atomic E-state index is 0.0321. The third-order valence-electron chi connectivity index (χ3n) is 4.06. The molecule has 2 aromatic carbocycles. The number of rotatable bonds is 6. The summed E-state index contributed by atoms with van der Waals surface area (Å²) in [4.78, 5) is 14.1. The first-order chi connectivity index (χ1) is 13.0. The maximum absolute atomic E-state index is 12.7. The normalized spacial score (nSPS) is 10.5. The largest absolute Gasteiger partial charge is 0.539 e. The van der Waals surface area contributed by atoms with E-state index in [0.29, 0.717) is 22.7 Å². The number of carbonyl (C=O) groups is 1. The quantitative estimate of drug-likeness (QED) is 0.609. The van der Waals surface area contributed by atoms with Crippen LogP contribution in [0.5, 0.6) is 17.4 Å².